The fraction of sp³-hybridized carbons (Fsp3) is 0.188. The van der Waals surface area contributed by atoms with E-state index in [0.717, 1.165) is 17.0 Å². The topological polar surface area (TPSA) is 47.3 Å². The molecule has 20 heavy (non-hydrogen) atoms. The summed E-state index contributed by atoms with van der Waals surface area (Å²) >= 11 is 5.12. The zero-order valence-corrected chi connectivity index (χ0v) is 12.0. The van der Waals surface area contributed by atoms with Gasteiger partial charge in [0.25, 0.3) is 0 Å². The van der Waals surface area contributed by atoms with Crippen LogP contribution in [0.2, 0.25) is 0 Å². The molecule has 0 fully saturated rings. The molecule has 4 heteroatoms. The van der Waals surface area contributed by atoms with Crippen LogP contribution in [0.4, 0.5) is 5.69 Å². The lowest BCUT2D eigenvalue weighted by molar-refractivity contribution is 0.340. The molecule has 1 atom stereocenters. The first kappa shape index (κ1) is 12.9. The fourth-order valence-electron chi connectivity index (χ4n) is 2.46. The summed E-state index contributed by atoms with van der Waals surface area (Å²) in [5.41, 5.74) is 9.96. The predicted octanol–water partition coefficient (Wildman–Crippen LogP) is 3.17. The van der Waals surface area contributed by atoms with E-state index in [2.05, 4.69) is 17.4 Å². The molecule has 1 unspecified atom stereocenters. The number of hydrogen-bond donors (Lipinski definition) is 2. The molecule has 2 aromatic carbocycles. The molecular formula is C16H16N2OS. The van der Waals surface area contributed by atoms with Gasteiger partial charge in [0.2, 0.25) is 0 Å². The number of hydrogen-bond acceptors (Lipinski definition) is 3. The number of benzene rings is 2. The summed E-state index contributed by atoms with van der Waals surface area (Å²) in [4.78, 5) is 0.403. The average Bonchev–Trinajstić information content (AvgIpc) is 2.82. The molecule has 1 aliphatic rings. The molecule has 0 saturated heterocycles. The van der Waals surface area contributed by atoms with Gasteiger partial charge in [-0.2, -0.15) is 0 Å². The number of aryl methyl sites for hydroxylation is 1. The maximum absolute atomic E-state index is 5.79. The summed E-state index contributed by atoms with van der Waals surface area (Å²) in [6.07, 6.45) is 0. The molecular weight excluding hydrogens is 268 g/mol. The molecule has 0 aromatic heterocycles. The fourth-order valence-corrected chi connectivity index (χ4v) is 2.64. The van der Waals surface area contributed by atoms with Gasteiger partial charge >= 0.3 is 0 Å². The van der Waals surface area contributed by atoms with E-state index in [9.17, 15) is 0 Å². The van der Waals surface area contributed by atoms with Crippen LogP contribution in [-0.4, -0.2) is 11.6 Å². The monoisotopic (exact) mass is 284 g/mol. The Labute approximate surface area is 123 Å². The largest absolute Gasteiger partial charge is 0.491 e. The molecule has 2 aromatic rings. The van der Waals surface area contributed by atoms with Crippen LogP contribution in [0, 0.1) is 6.92 Å². The SMILES string of the molecule is Cc1ccc(C(N)=S)c(NC2COc3ccccc32)c1. The van der Waals surface area contributed by atoms with E-state index in [1.807, 2.05) is 37.3 Å². The van der Waals surface area contributed by atoms with E-state index in [0.29, 0.717) is 11.6 Å². The number of fused-ring (bicyclic) bond motifs is 1. The van der Waals surface area contributed by atoms with Crippen molar-refractivity contribution in [1.29, 1.82) is 0 Å². The molecule has 0 bridgehead atoms. The lowest BCUT2D eigenvalue weighted by Gasteiger charge is -2.17. The molecule has 3 nitrogen and oxygen atoms in total. The normalized spacial score (nSPS) is 16.4. The highest BCUT2D eigenvalue weighted by atomic mass is 32.1. The molecule has 102 valence electrons. The minimum atomic E-state index is 0.126. The number of thiocarbonyl (C=S) groups is 1. The molecule has 0 aliphatic carbocycles. The van der Waals surface area contributed by atoms with E-state index >= 15 is 0 Å². The quantitative estimate of drug-likeness (QED) is 0.850. The zero-order chi connectivity index (χ0) is 14.1. The van der Waals surface area contributed by atoms with E-state index in [1.165, 1.54) is 11.1 Å². The molecule has 3 N–H and O–H groups in total. The number of rotatable bonds is 3. The van der Waals surface area contributed by atoms with Crippen LogP contribution in [-0.2, 0) is 0 Å². The Balaban J connectivity index is 1.93. The van der Waals surface area contributed by atoms with Crippen molar-refractivity contribution >= 4 is 22.9 Å². The van der Waals surface area contributed by atoms with E-state index in [4.69, 9.17) is 22.7 Å². The predicted molar refractivity (Wildman–Crippen MR) is 85.4 cm³/mol. The average molecular weight is 284 g/mol. The van der Waals surface area contributed by atoms with E-state index in [-0.39, 0.29) is 6.04 Å². The van der Waals surface area contributed by atoms with Gasteiger partial charge in [0.15, 0.2) is 0 Å². The van der Waals surface area contributed by atoms with Gasteiger partial charge in [-0.3, -0.25) is 0 Å². The number of ether oxygens (including phenoxy) is 1. The van der Waals surface area contributed by atoms with Gasteiger partial charge in [-0.15, -0.1) is 0 Å². The first-order chi connectivity index (χ1) is 9.65. The third-order valence-corrected chi connectivity index (χ3v) is 3.69. The summed E-state index contributed by atoms with van der Waals surface area (Å²) in [7, 11) is 0. The molecule has 1 aliphatic heterocycles. The Morgan fingerprint density at radius 1 is 1.30 bits per heavy atom. The Bertz CT molecular complexity index is 669. The molecule has 0 saturated carbocycles. The number of para-hydroxylation sites is 1. The van der Waals surface area contributed by atoms with Gasteiger partial charge in [-0.25, -0.2) is 0 Å². The lowest BCUT2D eigenvalue weighted by atomic mass is 10.1. The number of nitrogens with two attached hydrogens (primary N) is 1. The third kappa shape index (κ3) is 2.34. The van der Waals surface area contributed by atoms with Crippen molar-refractivity contribution in [2.24, 2.45) is 5.73 Å². The molecule has 1 heterocycles. The van der Waals surface area contributed by atoms with E-state index in [1.54, 1.807) is 0 Å². The van der Waals surface area contributed by atoms with Crippen LogP contribution in [0.5, 0.6) is 5.75 Å². The van der Waals surface area contributed by atoms with Crippen molar-refractivity contribution in [3.05, 3.63) is 59.2 Å². The summed E-state index contributed by atoms with van der Waals surface area (Å²) in [6, 6.07) is 14.2. The minimum absolute atomic E-state index is 0.126. The maximum atomic E-state index is 5.79. The molecule has 0 spiro atoms. The van der Waals surface area contributed by atoms with Gasteiger partial charge < -0.3 is 15.8 Å². The number of anilines is 1. The molecule has 0 radical (unpaired) electrons. The van der Waals surface area contributed by atoms with Crippen LogP contribution in [0.15, 0.2) is 42.5 Å². The molecule has 3 rings (SSSR count). The van der Waals surface area contributed by atoms with Crippen LogP contribution >= 0.6 is 12.2 Å². The van der Waals surface area contributed by atoms with Gasteiger partial charge in [0, 0.05) is 16.8 Å². The third-order valence-electron chi connectivity index (χ3n) is 3.47. The van der Waals surface area contributed by atoms with Crippen LogP contribution in [0.25, 0.3) is 0 Å². The second kappa shape index (κ2) is 5.13. The van der Waals surface area contributed by atoms with Crippen molar-refractivity contribution in [2.75, 3.05) is 11.9 Å². The van der Waals surface area contributed by atoms with Crippen LogP contribution in [0.3, 0.4) is 0 Å². The summed E-state index contributed by atoms with van der Waals surface area (Å²) in [5.74, 6) is 0.939. The smallest absolute Gasteiger partial charge is 0.124 e. The zero-order valence-electron chi connectivity index (χ0n) is 11.2. The van der Waals surface area contributed by atoms with Gasteiger partial charge in [0.1, 0.15) is 17.3 Å². The van der Waals surface area contributed by atoms with E-state index < -0.39 is 0 Å². The summed E-state index contributed by atoms with van der Waals surface area (Å²) < 4.78 is 5.69. The lowest BCUT2D eigenvalue weighted by Crippen LogP contribution is -2.17. The van der Waals surface area contributed by atoms with Crippen molar-refractivity contribution in [3.8, 4) is 5.75 Å². The van der Waals surface area contributed by atoms with Crippen molar-refractivity contribution in [2.45, 2.75) is 13.0 Å². The molecule has 0 amide bonds. The highest BCUT2D eigenvalue weighted by Gasteiger charge is 2.24. The first-order valence-corrected chi connectivity index (χ1v) is 6.94. The minimum Gasteiger partial charge on any atom is -0.491 e. The highest BCUT2D eigenvalue weighted by Crippen LogP contribution is 2.34. The first-order valence-electron chi connectivity index (χ1n) is 6.54. The van der Waals surface area contributed by atoms with Crippen molar-refractivity contribution in [1.82, 2.24) is 0 Å². The Kier molecular flexibility index (Phi) is 3.32. The van der Waals surface area contributed by atoms with Crippen molar-refractivity contribution < 1.29 is 4.74 Å². The van der Waals surface area contributed by atoms with Crippen LogP contribution < -0.4 is 15.8 Å². The van der Waals surface area contributed by atoms with Crippen LogP contribution in [0.1, 0.15) is 22.7 Å². The van der Waals surface area contributed by atoms with Crippen molar-refractivity contribution in [3.63, 3.8) is 0 Å². The standard InChI is InChI=1S/C16H16N2OS/c1-10-6-7-12(16(17)20)13(8-10)18-14-9-19-15-5-3-2-4-11(14)15/h2-8,14,18H,9H2,1H3,(H2,17,20). The Morgan fingerprint density at radius 3 is 2.90 bits per heavy atom. The second-order valence-corrected chi connectivity index (χ2v) is 5.40. The Hall–Kier alpha value is -2.07. The summed E-state index contributed by atoms with van der Waals surface area (Å²) in [6.45, 7) is 2.66. The second-order valence-electron chi connectivity index (χ2n) is 4.96. The maximum Gasteiger partial charge on any atom is 0.124 e. The van der Waals surface area contributed by atoms with Gasteiger partial charge in [-0.1, -0.05) is 36.5 Å². The highest BCUT2D eigenvalue weighted by molar-refractivity contribution is 7.80. The van der Waals surface area contributed by atoms with Gasteiger partial charge in [0.05, 0.1) is 6.04 Å². The summed E-state index contributed by atoms with van der Waals surface area (Å²) in [5, 5.41) is 3.50. The van der Waals surface area contributed by atoms with Gasteiger partial charge in [-0.05, 0) is 30.7 Å². The Morgan fingerprint density at radius 2 is 2.10 bits per heavy atom. The number of nitrogens with one attached hydrogen (secondary N) is 1.